The highest BCUT2D eigenvalue weighted by Crippen LogP contribution is 2.11. The summed E-state index contributed by atoms with van der Waals surface area (Å²) in [5.74, 6) is 0.861. The molecule has 0 aliphatic carbocycles. The molecule has 2 heteroatoms. The summed E-state index contributed by atoms with van der Waals surface area (Å²) in [6, 6.07) is 9.68. The Morgan fingerprint density at radius 3 is 2.45 bits per heavy atom. The number of ether oxygens (including phenoxy) is 1. The average Bonchev–Trinajstić information content (AvgIpc) is 2.06. The van der Waals surface area contributed by atoms with Gasteiger partial charge >= 0.3 is 0 Å². The molecule has 0 unspecified atom stereocenters. The first-order valence-corrected chi connectivity index (χ1v) is 3.57. The van der Waals surface area contributed by atoms with Gasteiger partial charge in [-0.1, -0.05) is 18.2 Å². The molecule has 2 nitrogen and oxygen atoms in total. The number of nitrogens with one attached hydrogen (secondary N) is 1. The molecule has 1 N–H and O–H groups in total. The molecule has 0 aliphatic rings. The minimum Gasteiger partial charge on any atom is -0.467 e. The minimum absolute atomic E-state index is 0.802. The van der Waals surface area contributed by atoms with Gasteiger partial charge in [-0.15, -0.1) is 0 Å². The second-order valence-corrected chi connectivity index (χ2v) is 2.22. The lowest BCUT2D eigenvalue weighted by Crippen LogP contribution is -2.18. The normalized spacial score (nSPS) is 10.1. The van der Waals surface area contributed by atoms with Crippen molar-refractivity contribution in [1.29, 1.82) is 0 Å². The number of hydrogen-bond donors (Lipinski definition) is 1. The maximum absolute atomic E-state index is 5.37. The van der Waals surface area contributed by atoms with E-state index in [1.165, 1.54) is 0 Å². The molecule has 11 heavy (non-hydrogen) atoms. The van der Waals surface area contributed by atoms with Crippen LogP contribution in [0.3, 0.4) is 0 Å². The second kappa shape index (κ2) is 3.98. The second-order valence-electron chi connectivity index (χ2n) is 2.22. The lowest BCUT2D eigenvalue weighted by Gasteiger charge is -2.10. The first-order valence-electron chi connectivity index (χ1n) is 3.57. The van der Waals surface area contributed by atoms with E-state index in [4.69, 9.17) is 4.74 Å². The molecule has 0 aliphatic heterocycles. The van der Waals surface area contributed by atoms with Crippen LogP contribution in [0, 0.1) is 6.23 Å². The topological polar surface area (TPSA) is 21.3 Å². The summed E-state index contributed by atoms with van der Waals surface area (Å²) in [6.45, 7) is 1.88. The van der Waals surface area contributed by atoms with Crippen LogP contribution >= 0.6 is 0 Å². The Hall–Kier alpha value is -1.02. The predicted molar refractivity (Wildman–Crippen MR) is 45.0 cm³/mol. The molecule has 1 aromatic carbocycles. The number of benzene rings is 1. The molecule has 0 saturated carbocycles. The highest BCUT2D eigenvalue weighted by Gasteiger charge is 1.99. The van der Waals surface area contributed by atoms with Crippen molar-refractivity contribution in [2.45, 2.75) is 6.92 Å². The van der Waals surface area contributed by atoms with Gasteiger partial charge in [-0.05, 0) is 26.1 Å². The molecule has 0 heterocycles. The molecule has 0 spiro atoms. The van der Waals surface area contributed by atoms with E-state index in [0.29, 0.717) is 0 Å². The Bertz CT molecular complexity index is 198. The van der Waals surface area contributed by atoms with Gasteiger partial charge in [0.1, 0.15) is 5.75 Å². The van der Waals surface area contributed by atoms with Gasteiger partial charge in [0.25, 0.3) is 0 Å². The van der Waals surface area contributed by atoms with Crippen LogP contribution in [0.1, 0.15) is 6.92 Å². The Labute approximate surface area is 67.2 Å². The van der Waals surface area contributed by atoms with E-state index in [0.717, 1.165) is 12.0 Å². The smallest absolute Gasteiger partial charge is 0.211 e. The quantitative estimate of drug-likeness (QED) is 0.709. The summed E-state index contributed by atoms with van der Waals surface area (Å²) in [6.07, 6.45) is 0.802. The summed E-state index contributed by atoms with van der Waals surface area (Å²) in [7, 11) is 1.83. The van der Waals surface area contributed by atoms with E-state index >= 15 is 0 Å². The van der Waals surface area contributed by atoms with Crippen molar-refractivity contribution in [3.63, 3.8) is 0 Å². The number of rotatable bonds is 3. The van der Waals surface area contributed by atoms with Gasteiger partial charge in [-0.2, -0.15) is 0 Å². The monoisotopic (exact) mass is 150 g/mol. The third-order valence-corrected chi connectivity index (χ3v) is 1.37. The summed E-state index contributed by atoms with van der Waals surface area (Å²) in [5.41, 5.74) is 0. The molecule has 1 aromatic rings. The van der Waals surface area contributed by atoms with Crippen molar-refractivity contribution in [3.8, 4) is 5.75 Å². The molecule has 0 saturated heterocycles. The van der Waals surface area contributed by atoms with Gasteiger partial charge in [0.2, 0.25) is 6.23 Å². The zero-order chi connectivity index (χ0) is 8.10. The van der Waals surface area contributed by atoms with Gasteiger partial charge in [0.05, 0.1) is 0 Å². The SMILES string of the molecule is CN[C](C)Oc1ccccc1. The highest BCUT2D eigenvalue weighted by molar-refractivity contribution is 5.21. The zero-order valence-electron chi connectivity index (χ0n) is 6.79. The molecular weight excluding hydrogens is 138 g/mol. The lowest BCUT2D eigenvalue weighted by molar-refractivity contribution is 0.303. The summed E-state index contributed by atoms with van der Waals surface area (Å²) < 4.78 is 5.37. The van der Waals surface area contributed by atoms with Gasteiger partial charge in [-0.25, -0.2) is 0 Å². The van der Waals surface area contributed by atoms with Crippen LogP contribution in [0.5, 0.6) is 5.75 Å². The largest absolute Gasteiger partial charge is 0.467 e. The zero-order valence-corrected chi connectivity index (χ0v) is 6.79. The standard InChI is InChI=1S/C9H12NO/c1-8(10-2)11-9-6-4-3-5-7-9/h3-7,10H,1-2H3. The fourth-order valence-electron chi connectivity index (χ4n) is 0.716. The van der Waals surface area contributed by atoms with Crippen molar-refractivity contribution in [1.82, 2.24) is 5.32 Å². The fraction of sp³-hybridized carbons (Fsp3) is 0.222. The van der Waals surface area contributed by atoms with E-state index in [-0.39, 0.29) is 0 Å². The van der Waals surface area contributed by atoms with E-state index in [1.54, 1.807) is 0 Å². The van der Waals surface area contributed by atoms with E-state index in [9.17, 15) is 0 Å². The van der Waals surface area contributed by atoms with Crippen LogP contribution in [-0.4, -0.2) is 7.05 Å². The van der Waals surface area contributed by atoms with Crippen molar-refractivity contribution in [2.24, 2.45) is 0 Å². The molecule has 0 amide bonds. The Morgan fingerprint density at radius 1 is 1.27 bits per heavy atom. The summed E-state index contributed by atoms with van der Waals surface area (Å²) in [5, 5.41) is 2.91. The van der Waals surface area contributed by atoms with Crippen molar-refractivity contribution >= 4 is 0 Å². The van der Waals surface area contributed by atoms with Gasteiger partial charge < -0.3 is 4.74 Å². The molecule has 0 bridgehead atoms. The van der Waals surface area contributed by atoms with Gasteiger partial charge in [0.15, 0.2) is 0 Å². The van der Waals surface area contributed by atoms with Crippen LogP contribution < -0.4 is 10.1 Å². The first kappa shape index (κ1) is 8.08. The van der Waals surface area contributed by atoms with Crippen LogP contribution in [0.15, 0.2) is 30.3 Å². The summed E-state index contributed by atoms with van der Waals surface area (Å²) >= 11 is 0. The maximum Gasteiger partial charge on any atom is 0.211 e. The van der Waals surface area contributed by atoms with E-state index in [2.05, 4.69) is 5.32 Å². The molecule has 1 rings (SSSR count). The molecule has 0 aromatic heterocycles. The van der Waals surface area contributed by atoms with Crippen LogP contribution in [0.25, 0.3) is 0 Å². The van der Waals surface area contributed by atoms with Crippen molar-refractivity contribution < 1.29 is 4.74 Å². The molecule has 0 atom stereocenters. The molecular formula is C9H12NO. The van der Waals surface area contributed by atoms with E-state index in [1.807, 2.05) is 44.3 Å². The Balaban J connectivity index is 2.51. The van der Waals surface area contributed by atoms with Crippen LogP contribution in [-0.2, 0) is 0 Å². The first-order chi connectivity index (χ1) is 5.33. The fourth-order valence-corrected chi connectivity index (χ4v) is 0.716. The third-order valence-electron chi connectivity index (χ3n) is 1.37. The predicted octanol–water partition coefficient (Wildman–Crippen LogP) is 1.79. The number of hydrogen-bond acceptors (Lipinski definition) is 2. The van der Waals surface area contributed by atoms with Crippen molar-refractivity contribution in [3.05, 3.63) is 36.6 Å². The maximum atomic E-state index is 5.37. The molecule has 1 radical (unpaired) electrons. The average molecular weight is 150 g/mol. The highest BCUT2D eigenvalue weighted by atomic mass is 16.5. The number of para-hydroxylation sites is 1. The third kappa shape index (κ3) is 2.60. The molecule has 0 fully saturated rings. The Kier molecular flexibility index (Phi) is 2.93. The Morgan fingerprint density at radius 2 is 1.91 bits per heavy atom. The van der Waals surface area contributed by atoms with Crippen LogP contribution in [0.4, 0.5) is 0 Å². The van der Waals surface area contributed by atoms with Gasteiger partial charge in [-0.3, -0.25) is 5.32 Å². The van der Waals surface area contributed by atoms with E-state index < -0.39 is 0 Å². The van der Waals surface area contributed by atoms with Gasteiger partial charge in [0, 0.05) is 0 Å². The minimum atomic E-state index is 0.802. The van der Waals surface area contributed by atoms with Crippen molar-refractivity contribution in [2.75, 3.05) is 7.05 Å². The lowest BCUT2D eigenvalue weighted by atomic mass is 10.3. The molecule has 59 valence electrons. The summed E-state index contributed by atoms with van der Waals surface area (Å²) in [4.78, 5) is 0. The van der Waals surface area contributed by atoms with Crippen LogP contribution in [0.2, 0.25) is 0 Å².